The number of nitriles is 1. The third kappa shape index (κ3) is 3.23. The van der Waals surface area contributed by atoms with E-state index in [1.54, 1.807) is 0 Å². The molecule has 1 fully saturated rings. The van der Waals surface area contributed by atoms with Gasteiger partial charge < -0.3 is 5.32 Å². The van der Waals surface area contributed by atoms with Crippen LogP contribution in [0.25, 0.3) is 0 Å². The lowest BCUT2D eigenvalue weighted by Crippen LogP contribution is -2.48. The topological polar surface area (TPSA) is 52.9 Å². The molecule has 0 atom stereocenters. The van der Waals surface area contributed by atoms with Crippen LogP contribution in [0, 0.1) is 16.7 Å². The van der Waals surface area contributed by atoms with E-state index in [-0.39, 0.29) is 11.4 Å². The summed E-state index contributed by atoms with van der Waals surface area (Å²) in [6, 6.07) is 2.27. The minimum absolute atomic E-state index is 0.0793. The Morgan fingerprint density at radius 3 is 2.06 bits per heavy atom. The average molecular weight is 222 g/mol. The van der Waals surface area contributed by atoms with E-state index in [4.69, 9.17) is 0 Å². The van der Waals surface area contributed by atoms with Crippen molar-refractivity contribution in [3.05, 3.63) is 0 Å². The fourth-order valence-electron chi connectivity index (χ4n) is 2.18. The van der Waals surface area contributed by atoms with E-state index >= 15 is 0 Å². The Hall–Kier alpha value is -1.04. The maximum Gasteiger partial charge on any atom is 0.240 e. The van der Waals surface area contributed by atoms with E-state index in [1.807, 2.05) is 20.8 Å². The molecule has 1 N–H and O–H groups in total. The molecule has 0 saturated heterocycles. The molecule has 1 aliphatic carbocycles. The Labute approximate surface area is 98.2 Å². The molecule has 1 aliphatic rings. The third-order valence-corrected chi connectivity index (χ3v) is 3.09. The number of nitrogens with one attached hydrogen (secondary N) is 1. The molecule has 0 aromatic rings. The second-order valence-electron chi connectivity index (χ2n) is 5.81. The van der Waals surface area contributed by atoms with Crippen LogP contribution < -0.4 is 5.32 Å². The molecular formula is C13H22N2O. The highest BCUT2D eigenvalue weighted by Crippen LogP contribution is 2.35. The van der Waals surface area contributed by atoms with Crippen molar-refractivity contribution in [2.45, 2.75) is 64.8 Å². The van der Waals surface area contributed by atoms with Crippen LogP contribution in [-0.2, 0) is 4.79 Å². The molecule has 3 heteroatoms. The van der Waals surface area contributed by atoms with E-state index in [2.05, 4.69) is 11.4 Å². The standard InChI is InChI=1S/C13H22N2O/c1-12(2,3)15-11(16)13(10-14)8-6-4-5-7-9-13/h4-9H2,1-3H3,(H,15,16). The summed E-state index contributed by atoms with van der Waals surface area (Å²) < 4.78 is 0. The number of hydrogen-bond donors (Lipinski definition) is 1. The highest BCUT2D eigenvalue weighted by molar-refractivity contribution is 5.85. The van der Waals surface area contributed by atoms with Gasteiger partial charge in [0.05, 0.1) is 6.07 Å². The Morgan fingerprint density at radius 2 is 1.69 bits per heavy atom. The van der Waals surface area contributed by atoms with Gasteiger partial charge in [-0.2, -0.15) is 5.26 Å². The van der Waals surface area contributed by atoms with Crippen molar-refractivity contribution in [1.82, 2.24) is 5.32 Å². The number of hydrogen-bond acceptors (Lipinski definition) is 2. The van der Waals surface area contributed by atoms with Crippen LogP contribution in [0.2, 0.25) is 0 Å². The van der Waals surface area contributed by atoms with Gasteiger partial charge in [-0.05, 0) is 33.6 Å². The number of nitrogens with zero attached hydrogens (tertiary/aromatic N) is 1. The molecular weight excluding hydrogens is 200 g/mol. The SMILES string of the molecule is CC(C)(C)NC(=O)C1(C#N)CCCCCC1. The quantitative estimate of drug-likeness (QED) is 0.693. The highest BCUT2D eigenvalue weighted by Gasteiger charge is 2.40. The van der Waals surface area contributed by atoms with Gasteiger partial charge in [0, 0.05) is 5.54 Å². The molecule has 16 heavy (non-hydrogen) atoms. The van der Waals surface area contributed by atoms with Crippen molar-refractivity contribution >= 4 is 5.91 Å². The largest absolute Gasteiger partial charge is 0.350 e. The van der Waals surface area contributed by atoms with Gasteiger partial charge in [-0.1, -0.05) is 25.7 Å². The Balaban J connectivity index is 2.79. The summed E-state index contributed by atoms with van der Waals surface area (Å²) in [5, 5.41) is 12.3. The molecule has 0 aromatic carbocycles. The molecule has 1 amide bonds. The first-order valence-corrected chi connectivity index (χ1v) is 6.13. The van der Waals surface area contributed by atoms with Gasteiger partial charge in [-0.3, -0.25) is 4.79 Å². The van der Waals surface area contributed by atoms with Gasteiger partial charge in [0.1, 0.15) is 5.41 Å². The maximum absolute atomic E-state index is 12.2. The average Bonchev–Trinajstić information content (AvgIpc) is 2.40. The summed E-state index contributed by atoms with van der Waals surface area (Å²) in [5.41, 5.74) is -1.03. The lowest BCUT2D eigenvalue weighted by molar-refractivity contribution is -0.130. The first-order chi connectivity index (χ1) is 7.40. The molecule has 0 heterocycles. The Bertz CT molecular complexity index is 288. The molecule has 1 saturated carbocycles. The predicted molar refractivity (Wildman–Crippen MR) is 63.6 cm³/mol. The zero-order chi connectivity index (χ0) is 12.2. The first-order valence-electron chi connectivity index (χ1n) is 6.13. The Kier molecular flexibility index (Phi) is 3.96. The smallest absolute Gasteiger partial charge is 0.240 e. The predicted octanol–water partition coefficient (Wildman–Crippen LogP) is 2.77. The molecule has 0 unspecified atom stereocenters. The van der Waals surface area contributed by atoms with Crippen LogP contribution in [0.3, 0.4) is 0 Å². The van der Waals surface area contributed by atoms with Gasteiger partial charge in [-0.25, -0.2) is 0 Å². The third-order valence-electron chi connectivity index (χ3n) is 3.09. The van der Waals surface area contributed by atoms with E-state index in [0.29, 0.717) is 12.8 Å². The Morgan fingerprint density at radius 1 is 1.19 bits per heavy atom. The number of carbonyl (C=O) groups excluding carboxylic acids is 1. The van der Waals surface area contributed by atoms with Gasteiger partial charge in [-0.15, -0.1) is 0 Å². The van der Waals surface area contributed by atoms with Crippen LogP contribution >= 0.6 is 0 Å². The first kappa shape index (κ1) is 13.0. The summed E-state index contributed by atoms with van der Waals surface area (Å²) >= 11 is 0. The zero-order valence-corrected chi connectivity index (χ0v) is 10.6. The summed E-state index contributed by atoms with van der Waals surface area (Å²) in [7, 11) is 0. The highest BCUT2D eigenvalue weighted by atomic mass is 16.2. The summed E-state index contributed by atoms with van der Waals surface area (Å²) in [4.78, 5) is 12.2. The van der Waals surface area contributed by atoms with E-state index < -0.39 is 5.41 Å². The second kappa shape index (κ2) is 4.86. The number of amides is 1. The van der Waals surface area contributed by atoms with E-state index in [0.717, 1.165) is 25.7 Å². The number of carbonyl (C=O) groups is 1. The molecule has 0 aromatic heterocycles. The number of rotatable bonds is 1. The fourth-order valence-corrected chi connectivity index (χ4v) is 2.18. The van der Waals surface area contributed by atoms with Crippen LogP contribution in [0.1, 0.15) is 59.3 Å². The van der Waals surface area contributed by atoms with Gasteiger partial charge >= 0.3 is 0 Å². The summed E-state index contributed by atoms with van der Waals surface area (Å²) in [6.45, 7) is 5.85. The van der Waals surface area contributed by atoms with E-state index in [1.165, 1.54) is 0 Å². The van der Waals surface area contributed by atoms with Gasteiger partial charge in [0.25, 0.3) is 0 Å². The zero-order valence-electron chi connectivity index (χ0n) is 10.6. The van der Waals surface area contributed by atoms with Crippen LogP contribution in [0.15, 0.2) is 0 Å². The maximum atomic E-state index is 12.2. The fraction of sp³-hybridized carbons (Fsp3) is 0.846. The van der Waals surface area contributed by atoms with Crippen molar-refractivity contribution in [2.24, 2.45) is 5.41 Å². The summed E-state index contributed by atoms with van der Waals surface area (Å²) in [6.07, 6.45) is 5.70. The molecule has 0 aliphatic heterocycles. The van der Waals surface area contributed by atoms with Crippen molar-refractivity contribution < 1.29 is 4.79 Å². The molecule has 1 rings (SSSR count). The second-order valence-corrected chi connectivity index (χ2v) is 5.81. The lowest BCUT2D eigenvalue weighted by atomic mass is 9.80. The molecule has 90 valence electrons. The van der Waals surface area contributed by atoms with Crippen molar-refractivity contribution in [1.29, 1.82) is 5.26 Å². The normalized spacial score (nSPS) is 20.6. The van der Waals surface area contributed by atoms with E-state index in [9.17, 15) is 10.1 Å². The monoisotopic (exact) mass is 222 g/mol. The van der Waals surface area contributed by atoms with Gasteiger partial charge in [0.2, 0.25) is 5.91 Å². The minimum Gasteiger partial charge on any atom is -0.350 e. The molecule has 0 radical (unpaired) electrons. The molecule has 0 spiro atoms. The van der Waals surface area contributed by atoms with Crippen molar-refractivity contribution in [2.75, 3.05) is 0 Å². The van der Waals surface area contributed by atoms with Crippen LogP contribution in [0.5, 0.6) is 0 Å². The van der Waals surface area contributed by atoms with Gasteiger partial charge in [0.15, 0.2) is 0 Å². The minimum atomic E-state index is -0.774. The van der Waals surface area contributed by atoms with Crippen LogP contribution in [-0.4, -0.2) is 11.4 Å². The van der Waals surface area contributed by atoms with Crippen molar-refractivity contribution in [3.8, 4) is 6.07 Å². The van der Waals surface area contributed by atoms with Crippen LogP contribution in [0.4, 0.5) is 0 Å². The molecule has 0 bridgehead atoms. The lowest BCUT2D eigenvalue weighted by Gasteiger charge is -2.29. The molecule has 3 nitrogen and oxygen atoms in total. The van der Waals surface area contributed by atoms with Crippen molar-refractivity contribution in [3.63, 3.8) is 0 Å². The summed E-state index contributed by atoms with van der Waals surface area (Å²) in [5.74, 6) is -0.0793.